The fourth-order valence-corrected chi connectivity index (χ4v) is 5.36. The molecule has 4 heteroatoms. The molecule has 2 fully saturated rings. The third-order valence-corrected chi connectivity index (χ3v) is 7.24. The zero-order valence-corrected chi connectivity index (χ0v) is 16.6. The number of hydrogen-bond acceptors (Lipinski definition) is 4. The molecule has 1 aromatic carbocycles. The molecule has 0 bridgehead atoms. The summed E-state index contributed by atoms with van der Waals surface area (Å²) < 4.78 is 5.34. The second kappa shape index (κ2) is 6.75. The van der Waals surface area contributed by atoms with Gasteiger partial charge in [-0.2, -0.15) is 0 Å². The van der Waals surface area contributed by atoms with Crippen molar-refractivity contribution < 1.29 is 4.52 Å². The molecule has 1 N–H and O–H groups in total. The van der Waals surface area contributed by atoms with E-state index < -0.39 is 0 Å². The van der Waals surface area contributed by atoms with E-state index in [0.717, 1.165) is 23.9 Å². The smallest absolute Gasteiger partial charge is 0.138 e. The summed E-state index contributed by atoms with van der Waals surface area (Å²) in [5.74, 6) is 1.94. The van der Waals surface area contributed by atoms with Crippen LogP contribution >= 0.6 is 0 Å². The van der Waals surface area contributed by atoms with Crippen molar-refractivity contribution in [1.29, 1.82) is 0 Å². The third kappa shape index (κ3) is 3.23. The van der Waals surface area contributed by atoms with Crippen molar-refractivity contribution in [3.05, 3.63) is 52.4 Å². The van der Waals surface area contributed by atoms with Gasteiger partial charge in [-0.05, 0) is 81.5 Å². The number of aromatic nitrogens is 1. The van der Waals surface area contributed by atoms with E-state index in [1.807, 2.05) is 13.8 Å². The molecule has 27 heavy (non-hydrogen) atoms. The highest BCUT2D eigenvalue weighted by Gasteiger charge is 2.45. The number of nitrogens with zero attached hydrogens (tertiary/aromatic N) is 2. The Hall–Kier alpha value is -1.65. The number of hydrogen-bond donors (Lipinski definition) is 1. The van der Waals surface area contributed by atoms with Gasteiger partial charge in [-0.15, -0.1) is 0 Å². The summed E-state index contributed by atoms with van der Waals surface area (Å²) in [7, 11) is 0. The van der Waals surface area contributed by atoms with Crippen molar-refractivity contribution in [2.24, 2.45) is 5.92 Å². The standard InChI is InChI=1S/C23H31N3O/c1-16-20(17(2)27-25-16)14-24-22-13-23(21-6-4-3-5-19(21)22)9-11-26(12-10-23)15-18-7-8-18/h3-6,18,22,24H,7-15H2,1-2H3. The SMILES string of the molecule is Cc1noc(C)c1CNC1CC2(CCN(CC3CC3)CC2)c2ccccc21. The quantitative estimate of drug-likeness (QED) is 0.859. The fraction of sp³-hybridized carbons (Fsp3) is 0.609. The van der Waals surface area contributed by atoms with Crippen molar-refractivity contribution >= 4 is 0 Å². The molecule has 1 aliphatic heterocycles. The molecule has 1 atom stereocenters. The lowest BCUT2D eigenvalue weighted by molar-refractivity contribution is 0.147. The van der Waals surface area contributed by atoms with Crippen LogP contribution in [0.5, 0.6) is 0 Å². The first-order valence-corrected chi connectivity index (χ1v) is 10.6. The average Bonchev–Trinajstić information content (AvgIpc) is 3.38. The lowest BCUT2D eigenvalue weighted by Crippen LogP contribution is -2.42. The molecule has 5 rings (SSSR count). The summed E-state index contributed by atoms with van der Waals surface area (Å²) in [6, 6.07) is 9.60. The van der Waals surface area contributed by atoms with Crippen molar-refractivity contribution in [3.8, 4) is 0 Å². The molecule has 1 aromatic heterocycles. The van der Waals surface area contributed by atoms with Crippen LogP contribution in [0.3, 0.4) is 0 Å². The van der Waals surface area contributed by atoms with Gasteiger partial charge in [0.15, 0.2) is 0 Å². The molecule has 1 spiro atoms. The van der Waals surface area contributed by atoms with Gasteiger partial charge in [-0.1, -0.05) is 29.4 Å². The summed E-state index contributed by atoms with van der Waals surface area (Å²) in [6.07, 6.45) is 6.75. The molecule has 2 heterocycles. The van der Waals surface area contributed by atoms with Crippen LogP contribution < -0.4 is 5.32 Å². The van der Waals surface area contributed by atoms with Crippen LogP contribution in [0.2, 0.25) is 0 Å². The maximum atomic E-state index is 5.34. The first-order valence-electron chi connectivity index (χ1n) is 10.6. The molecular weight excluding hydrogens is 334 g/mol. The van der Waals surface area contributed by atoms with Gasteiger partial charge in [0.25, 0.3) is 0 Å². The second-order valence-corrected chi connectivity index (χ2v) is 9.05. The van der Waals surface area contributed by atoms with Gasteiger partial charge in [0.2, 0.25) is 0 Å². The molecule has 2 aromatic rings. The summed E-state index contributed by atoms with van der Waals surface area (Å²) in [6.45, 7) is 8.75. The summed E-state index contributed by atoms with van der Waals surface area (Å²) in [4.78, 5) is 2.72. The monoisotopic (exact) mass is 365 g/mol. The van der Waals surface area contributed by atoms with Gasteiger partial charge >= 0.3 is 0 Å². The van der Waals surface area contributed by atoms with E-state index >= 15 is 0 Å². The van der Waals surface area contributed by atoms with Crippen LogP contribution in [0, 0.1) is 19.8 Å². The maximum absolute atomic E-state index is 5.34. The van der Waals surface area contributed by atoms with Crippen LogP contribution in [0.4, 0.5) is 0 Å². The lowest BCUT2D eigenvalue weighted by Gasteiger charge is -2.40. The minimum absolute atomic E-state index is 0.368. The lowest BCUT2D eigenvalue weighted by atomic mass is 9.73. The number of aryl methyl sites for hydroxylation is 2. The van der Waals surface area contributed by atoms with E-state index in [4.69, 9.17) is 4.52 Å². The zero-order chi connectivity index (χ0) is 18.4. The van der Waals surface area contributed by atoms with Crippen LogP contribution in [0.25, 0.3) is 0 Å². The van der Waals surface area contributed by atoms with Gasteiger partial charge in [0.1, 0.15) is 5.76 Å². The van der Waals surface area contributed by atoms with E-state index in [1.54, 1.807) is 5.56 Å². The molecule has 1 saturated carbocycles. The molecule has 3 aliphatic rings. The Morgan fingerprint density at radius 2 is 1.96 bits per heavy atom. The van der Waals surface area contributed by atoms with Gasteiger partial charge in [0, 0.05) is 24.7 Å². The molecule has 1 saturated heterocycles. The molecule has 144 valence electrons. The van der Waals surface area contributed by atoms with Crippen LogP contribution in [0.1, 0.15) is 66.3 Å². The fourth-order valence-electron chi connectivity index (χ4n) is 5.36. The third-order valence-electron chi connectivity index (χ3n) is 7.24. The Balaban J connectivity index is 1.32. The van der Waals surface area contributed by atoms with Crippen LogP contribution in [-0.2, 0) is 12.0 Å². The number of likely N-dealkylation sites (tertiary alicyclic amines) is 1. The number of piperidine rings is 1. The summed E-state index contributed by atoms with van der Waals surface area (Å²) in [5.41, 5.74) is 5.71. The Kier molecular flexibility index (Phi) is 4.36. The molecule has 1 unspecified atom stereocenters. The predicted molar refractivity (Wildman–Crippen MR) is 107 cm³/mol. The Morgan fingerprint density at radius 1 is 1.19 bits per heavy atom. The summed E-state index contributed by atoms with van der Waals surface area (Å²) >= 11 is 0. The van der Waals surface area contributed by atoms with Crippen molar-refractivity contribution in [3.63, 3.8) is 0 Å². The molecule has 0 amide bonds. The minimum atomic E-state index is 0.368. The van der Waals surface area contributed by atoms with E-state index in [2.05, 4.69) is 39.6 Å². The maximum Gasteiger partial charge on any atom is 0.138 e. The van der Waals surface area contributed by atoms with Crippen LogP contribution in [-0.4, -0.2) is 29.7 Å². The topological polar surface area (TPSA) is 41.3 Å². The average molecular weight is 366 g/mol. The largest absolute Gasteiger partial charge is 0.361 e. The molecule has 4 nitrogen and oxygen atoms in total. The van der Waals surface area contributed by atoms with E-state index in [-0.39, 0.29) is 0 Å². The van der Waals surface area contributed by atoms with Crippen LogP contribution in [0.15, 0.2) is 28.8 Å². The Bertz CT molecular complexity index is 795. The van der Waals surface area contributed by atoms with Crippen molar-refractivity contribution in [1.82, 2.24) is 15.4 Å². The van der Waals surface area contributed by atoms with E-state index in [0.29, 0.717) is 11.5 Å². The Labute approximate surface area is 162 Å². The number of fused-ring (bicyclic) bond motifs is 2. The van der Waals surface area contributed by atoms with Crippen molar-refractivity contribution in [2.75, 3.05) is 19.6 Å². The highest BCUT2D eigenvalue weighted by Crippen LogP contribution is 2.51. The summed E-state index contributed by atoms with van der Waals surface area (Å²) in [5, 5.41) is 7.94. The highest BCUT2D eigenvalue weighted by molar-refractivity contribution is 5.43. The molecular formula is C23H31N3O. The Morgan fingerprint density at radius 3 is 2.67 bits per heavy atom. The minimum Gasteiger partial charge on any atom is -0.361 e. The second-order valence-electron chi connectivity index (χ2n) is 9.05. The number of nitrogens with one attached hydrogen (secondary N) is 1. The first kappa shape index (κ1) is 17.4. The first-order chi connectivity index (χ1) is 13.1. The van der Waals surface area contributed by atoms with E-state index in [9.17, 15) is 0 Å². The molecule has 0 radical (unpaired) electrons. The molecule has 2 aliphatic carbocycles. The van der Waals surface area contributed by atoms with Crippen molar-refractivity contribution in [2.45, 2.75) is 64.0 Å². The number of benzene rings is 1. The highest BCUT2D eigenvalue weighted by atomic mass is 16.5. The zero-order valence-electron chi connectivity index (χ0n) is 16.6. The van der Waals surface area contributed by atoms with E-state index in [1.165, 1.54) is 62.9 Å². The predicted octanol–water partition coefficient (Wildman–Crippen LogP) is 4.27. The van der Waals surface area contributed by atoms with Gasteiger partial charge in [-0.25, -0.2) is 0 Å². The van der Waals surface area contributed by atoms with Gasteiger partial charge < -0.3 is 14.7 Å². The normalized spacial score (nSPS) is 24.4. The van der Waals surface area contributed by atoms with Gasteiger partial charge in [-0.3, -0.25) is 0 Å². The van der Waals surface area contributed by atoms with Gasteiger partial charge in [0.05, 0.1) is 5.69 Å². The number of rotatable bonds is 5.